The highest BCUT2D eigenvalue weighted by Crippen LogP contribution is 2.47. The molecule has 0 aliphatic carbocycles. The van der Waals surface area contributed by atoms with E-state index in [0.29, 0.717) is 17.1 Å². The fourth-order valence-corrected chi connectivity index (χ4v) is 4.56. The predicted molar refractivity (Wildman–Crippen MR) is 111 cm³/mol. The Morgan fingerprint density at radius 1 is 1.34 bits per heavy atom. The Morgan fingerprint density at radius 3 is 2.66 bits per heavy atom. The molecule has 1 aliphatic rings. The van der Waals surface area contributed by atoms with Gasteiger partial charge in [0.25, 0.3) is 0 Å². The van der Waals surface area contributed by atoms with Gasteiger partial charge in [-0.2, -0.15) is 5.26 Å². The molecule has 0 saturated carbocycles. The minimum absolute atomic E-state index is 0.0483. The van der Waals surface area contributed by atoms with Crippen LogP contribution >= 0.6 is 11.3 Å². The second kappa shape index (κ2) is 7.11. The molecule has 1 aromatic carbocycles. The molecule has 3 aromatic rings. The van der Waals surface area contributed by atoms with Gasteiger partial charge in [0.1, 0.15) is 11.6 Å². The first-order valence-corrected chi connectivity index (χ1v) is 9.81. The molecule has 8 heteroatoms. The van der Waals surface area contributed by atoms with Crippen LogP contribution in [0.15, 0.2) is 41.8 Å². The summed E-state index contributed by atoms with van der Waals surface area (Å²) in [5.74, 6) is -0.153. The number of carbonyl (C=O) groups is 1. The number of carbonyl (C=O) groups excluding carboxylic acids is 1. The summed E-state index contributed by atoms with van der Waals surface area (Å²) >= 11 is 1.70. The van der Waals surface area contributed by atoms with Crippen molar-refractivity contribution >= 4 is 22.9 Å². The van der Waals surface area contributed by atoms with Crippen LogP contribution in [-0.4, -0.2) is 16.1 Å². The van der Waals surface area contributed by atoms with Crippen LogP contribution in [-0.2, 0) is 4.79 Å². The molecule has 29 heavy (non-hydrogen) atoms. The quantitative estimate of drug-likeness (QED) is 0.610. The van der Waals surface area contributed by atoms with E-state index in [0.717, 1.165) is 27.3 Å². The average Bonchev–Trinajstić information content (AvgIpc) is 3.22. The molecule has 1 atom stereocenters. The van der Waals surface area contributed by atoms with Crippen molar-refractivity contribution < 1.29 is 9.53 Å². The topological polar surface area (TPSA) is 117 Å². The van der Waals surface area contributed by atoms with Gasteiger partial charge in [-0.05, 0) is 37.6 Å². The highest BCUT2D eigenvalue weighted by Gasteiger charge is 2.36. The molecule has 7 nitrogen and oxygen atoms in total. The largest absolute Gasteiger partial charge is 0.420 e. The van der Waals surface area contributed by atoms with Crippen LogP contribution in [0.25, 0.3) is 11.3 Å². The Balaban J connectivity index is 1.87. The maximum absolute atomic E-state index is 11.3. The third kappa shape index (κ3) is 3.26. The van der Waals surface area contributed by atoms with E-state index in [2.05, 4.69) is 41.5 Å². The lowest BCUT2D eigenvalue weighted by atomic mass is 9.83. The highest BCUT2D eigenvalue weighted by molar-refractivity contribution is 7.12. The van der Waals surface area contributed by atoms with E-state index >= 15 is 0 Å². The molecule has 0 radical (unpaired) electrons. The van der Waals surface area contributed by atoms with Crippen molar-refractivity contribution in [2.75, 3.05) is 5.32 Å². The van der Waals surface area contributed by atoms with Crippen molar-refractivity contribution in [1.82, 2.24) is 10.2 Å². The van der Waals surface area contributed by atoms with Gasteiger partial charge < -0.3 is 15.8 Å². The first kappa shape index (κ1) is 18.8. The van der Waals surface area contributed by atoms with Crippen LogP contribution in [0.3, 0.4) is 0 Å². The number of nitrogens with zero attached hydrogens (tertiary/aromatic N) is 2. The van der Waals surface area contributed by atoms with E-state index in [9.17, 15) is 10.1 Å². The number of fused-ring (bicyclic) bond motifs is 1. The highest BCUT2D eigenvalue weighted by atomic mass is 32.1. The summed E-state index contributed by atoms with van der Waals surface area (Å²) in [6.45, 7) is 5.56. The van der Waals surface area contributed by atoms with E-state index in [1.54, 1.807) is 23.5 Å². The lowest BCUT2D eigenvalue weighted by molar-refractivity contribution is -0.114. The van der Waals surface area contributed by atoms with E-state index in [4.69, 9.17) is 10.5 Å². The van der Waals surface area contributed by atoms with Crippen molar-refractivity contribution in [2.24, 2.45) is 5.73 Å². The molecule has 4 N–H and O–H groups in total. The number of amides is 1. The lowest BCUT2D eigenvalue weighted by Gasteiger charge is -2.24. The van der Waals surface area contributed by atoms with E-state index in [1.807, 2.05) is 12.1 Å². The zero-order valence-corrected chi connectivity index (χ0v) is 17.0. The summed E-state index contributed by atoms with van der Waals surface area (Å²) in [5, 5.41) is 19.9. The van der Waals surface area contributed by atoms with Crippen LogP contribution in [0.5, 0.6) is 5.88 Å². The Bertz CT molecular complexity index is 1180. The van der Waals surface area contributed by atoms with Gasteiger partial charge >= 0.3 is 0 Å². The van der Waals surface area contributed by atoms with Crippen LogP contribution in [0.1, 0.15) is 33.7 Å². The second-order valence-electron chi connectivity index (χ2n) is 6.87. The maximum atomic E-state index is 11.3. The standard InChI is InChI=1S/C21H19N5O2S/c1-10-8-15(11(2)29-10)19-18-17(13-4-6-14(7-5-13)24-12(3)27)16(9-22)20(23)28-21(18)26-25-19/h4-8,17H,23H2,1-3H3,(H,24,27)(H,25,26). The number of nitrogens with one attached hydrogen (secondary N) is 2. The van der Waals surface area contributed by atoms with Gasteiger partial charge in [0.05, 0.1) is 17.2 Å². The predicted octanol–water partition coefficient (Wildman–Crippen LogP) is 3.93. The van der Waals surface area contributed by atoms with Gasteiger partial charge in [-0.25, -0.2) is 0 Å². The molecular formula is C21H19N5O2S. The number of nitriles is 1. The Morgan fingerprint density at radius 2 is 2.07 bits per heavy atom. The fraction of sp³-hybridized carbons (Fsp3) is 0.190. The van der Waals surface area contributed by atoms with Crippen molar-refractivity contribution in [1.29, 1.82) is 5.26 Å². The van der Waals surface area contributed by atoms with Gasteiger partial charge in [0.15, 0.2) is 0 Å². The number of allylic oxidation sites excluding steroid dienone is 1. The number of aromatic amines is 1. The number of hydrogen-bond acceptors (Lipinski definition) is 6. The summed E-state index contributed by atoms with van der Waals surface area (Å²) in [5.41, 5.74) is 10.5. The molecule has 0 saturated heterocycles. The summed E-state index contributed by atoms with van der Waals surface area (Å²) in [7, 11) is 0. The number of nitrogens with two attached hydrogens (primary N) is 1. The van der Waals surface area contributed by atoms with Crippen LogP contribution in [0.2, 0.25) is 0 Å². The monoisotopic (exact) mass is 405 g/mol. The molecule has 2 aromatic heterocycles. The zero-order valence-electron chi connectivity index (χ0n) is 16.2. The van der Waals surface area contributed by atoms with Crippen LogP contribution in [0, 0.1) is 25.2 Å². The van der Waals surface area contributed by atoms with Crippen molar-refractivity contribution in [3.8, 4) is 23.2 Å². The van der Waals surface area contributed by atoms with E-state index in [1.165, 1.54) is 11.8 Å². The first-order valence-electron chi connectivity index (χ1n) is 8.99. The van der Waals surface area contributed by atoms with Crippen molar-refractivity contribution in [2.45, 2.75) is 26.7 Å². The first-order chi connectivity index (χ1) is 13.9. The van der Waals surface area contributed by atoms with Gasteiger partial charge in [0, 0.05) is 27.9 Å². The zero-order chi connectivity index (χ0) is 20.7. The van der Waals surface area contributed by atoms with E-state index in [-0.39, 0.29) is 11.8 Å². The lowest BCUT2D eigenvalue weighted by Crippen LogP contribution is -2.21. The van der Waals surface area contributed by atoms with Gasteiger partial charge in [-0.3, -0.25) is 9.89 Å². The molecule has 146 valence electrons. The third-order valence-electron chi connectivity index (χ3n) is 4.81. The van der Waals surface area contributed by atoms with Gasteiger partial charge in [-0.15, -0.1) is 16.4 Å². The fourth-order valence-electron chi connectivity index (χ4n) is 3.62. The summed E-state index contributed by atoms with van der Waals surface area (Å²) in [6.07, 6.45) is 0. The van der Waals surface area contributed by atoms with Gasteiger partial charge in [-0.1, -0.05) is 12.1 Å². The molecule has 1 aliphatic heterocycles. The van der Waals surface area contributed by atoms with Crippen molar-refractivity contribution in [3.05, 3.63) is 62.7 Å². The van der Waals surface area contributed by atoms with Crippen molar-refractivity contribution in [3.63, 3.8) is 0 Å². The number of benzene rings is 1. The van der Waals surface area contributed by atoms with Gasteiger partial charge in [0.2, 0.25) is 17.7 Å². The third-order valence-corrected chi connectivity index (χ3v) is 5.78. The molecule has 3 heterocycles. The van der Waals surface area contributed by atoms with Crippen LogP contribution < -0.4 is 15.8 Å². The Labute approximate surface area is 171 Å². The minimum Gasteiger partial charge on any atom is -0.420 e. The summed E-state index contributed by atoms with van der Waals surface area (Å²) in [6, 6.07) is 11.6. The number of anilines is 1. The number of rotatable bonds is 3. The summed E-state index contributed by atoms with van der Waals surface area (Å²) in [4.78, 5) is 13.6. The molecule has 4 rings (SSSR count). The molecule has 1 amide bonds. The molecule has 0 spiro atoms. The summed E-state index contributed by atoms with van der Waals surface area (Å²) < 4.78 is 5.65. The van der Waals surface area contributed by atoms with E-state index < -0.39 is 5.92 Å². The smallest absolute Gasteiger partial charge is 0.244 e. The maximum Gasteiger partial charge on any atom is 0.244 e. The Kier molecular flexibility index (Phi) is 4.60. The molecule has 0 fully saturated rings. The average molecular weight is 405 g/mol. The number of H-pyrrole nitrogens is 1. The number of ether oxygens (including phenoxy) is 1. The minimum atomic E-state index is -0.427. The molecule has 1 unspecified atom stereocenters. The number of hydrogen-bond donors (Lipinski definition) is 3. The number of thiophene rings is 1. The molecule has 0 bridgehead atoms. The Hall–Kier alpha value is -3.57. The van der Waals surface area contributed by atoms with Crippen LogP contribution in [0.4, 0.5) is 5.69 Å². The molecular weight excluding hydrogens is 386 g/mol. The second-order valence-corrected chi connectivity index (χ2v) is 8.33. The SMILES string of the molecule is CC(=O)Nc1ccc(C2C(C#N)=C(N)Oc3n[nH]c(-c4cc(C)sc4C)c32)cc1. The normalized spacial score (nSPS) is 15.4. The number of aromatic nitrogens is 2. The number of aryl methyl sites for hydroxylation is 2.